The maximum Gasteiger partial charge on any atom is 3.00 e. The second kappa shape index (κ2) is 20.0. The summed E-state index contributed by atoms with van der Waals surface area (Å²) >= 11 is 0. The summed E-state index contributed by atoms with van der Waals surface area (Å²) in [6.07, 6.45) is -8.21. The van der Waals surface area contributed by atoms with Crippen molar-refractivity contribution in [2.75, 3.05) is 0 Å². The molecule has 9 heteroatoms. The number of furan rings is 1. The van der Waals surface area contributed by atoms with Crippen molar-refractivity contribution < 1.29 is 53.1 Å². The van der Waals surface area contributed by atoms with Gasteiger partial charge in [0.05, 0.1) is 0 Å². The Balaban J connectivity index is 0.00000688. The summed E-state index contributed by atoms with van der Waals surface area (Å²) in [6, 6.07) is 50.2. The molecule has 0 aliphatic heterocycles. The molecule has 0 saturated heterocycles. The number of aryl methyl sites for hydroxylation is 4. The Morgan fingerprint density at radius 2 is 1.03 bits per heavy atom. The van der Waals surface area contributed by atoms with Gasteiger partial charge >= 0.3 is 20.1 Å². The fourth-order valence-electron chi connectivity index (χ4n) is 8.20. The first-order valence-corrected chi connectivity index (χ1v) is 21.6. The third-order valence-corrected chi connectivity index (χ3v) is 11.5. The van der Waals surface area contributed by atoms with Crippen molar-refractivity contribution in [3.8, 4) is 67.2 Å². The molecule has 0 aliphatic rings. The molecule has 0 radical (unpaired) electrons. The van der Waals surface area contributed by atoms with E-state index >= 15 is 0 Å². The Morgan fingerprint density at radius 1 is 0.443 bits per heavy atom. The number of hydrogen-bond donors (Lipinski definition) is 0. The van der Waals surface area contributed by atoms with Gasteiger partial charge < -0.3 is 19.4 Å². The standard InChI is InChI=1S/C61H38F4N3O.Ir/c62-45-21-24-51(55(64)32-45)57-26-18-38(35-66-57)14-16-40-28-41(17-15-39-19-27-58(67-36-39)52-25-22-46(63)33-56(52)65)30-44(29-40)47-10-4-5-11-48(47)54-37-68-59(42-8-2-1-3-9-42)34-53(54)43-20-23-50-49-12-6-7-13-60(49)69-61(50)31-43;/h1-8,10-13,18-23,26-37H,14-17H2;/q-3;+3/i14D2,15D2,16D2,17D2;. The molecule has 340 valence electrons. The minimum Gasteiger partial charge on any atom is -0.456 e. The van der Waals surface area contributed by atoms with E-state index in [1.807, 2.05) is 72.8 Å². The van der Waals surface area contributed by atoms with Gasteiger partial charge in [0.15, 0.2) is 0 Å². The van der Waals surface area contributed by atoms with E-state index in [-0.39, 0.29) is 70.4 Å². The van der Waals surface area contributed by atoms with Crippen molar-refractivity contribution in [2.24, 2.45) is 0 Å². The van der Waals surface area contributed by atoms with Crippen molar-refractivity contribution in [3.05, 3.63) is 246 Å². The molecule has 11 rings (SSSR count). The first-order valence-electron chi connectivity index (χ1n) is 25.6. The number of nitrogens with zero attached hydrogens (tertiary/aromatic N) is 3. The van der Waals surface area contributed by atoms with Crippen LogP contribution in [0.4, 0.5) is 17.6 Å². The number of pyridine rings is 3. The van der Waals surface area contributed by atoms with Gasteiger partial charge in [-0.1, -0.05) is 120 Å². The quantitative estimate of drug-likeness (QED) is 0.0904. The van der Waals surface area contributed by atoms with Crippen molar-refractivity contribution in [2.45, 2.75) is 25.5 Å². The van der Waals surface area contributed by atoms with Crippen LogP contribution in [0.1, 0.15) is 33.2 Å². The molecule has 4 aromatic heterocycles. The normalized spacial score (nSPS) is 13.8. The van der Waals surface area contributed by atoms with Crippen molar-refractivity contribution in [3.63, 3.8) is 0 Å². The number of fused-ring (bicyclic) bond motifs is 3. The van der Waals surface area contributed by atoms with Crippen LogP contribution in [0.3, 0.4) is 0 Å². The van der Waals surface area contributed by atoms with Crippen molar-refractivity contribution in [1.82, 2.24) is 15.0 Å². The molecule has 0 aliphatic carbocycles. The predicted octanol–water partition coefficient (Wildman–Crippen LogP) is 15.3. The van der Waals surface area contributed by atoms with Crippen LogP contribution in [0, 0.1) is 41.5 Å². The molecule has 4 heterocycles. The SMILES string of the molecule is [2H]C([2H])(c1ccc(-c2[c-]cc(F)cc2F)nc1)C([2H])([2H])c1cc(-c2ccccc2-c2cnc(-c3[c-]cccc3)cc2-c2ccc3c(c2)oc2ccccc23)cc(C([2H])([2H])C([2H])([2H])c2ccc(-c3[c-]cc(F)cc3F)nc2)c1.[Ir+3]. The van der Waals surface area contributed by atoms with E-state index in [1.165, 1.54) is 36.4 Å². The molecule has 70 heavy (non-hydrogen) atoms. The van der Waals surface area contributed by atoms with Gasteiger partial charge in [-0.2, -0.15) is 0 Å². The molecule has 0 atom stereocenters. The van der Waals surface area contributed by atoms with E-state index in [0.29, 0.717) is 51.2 Å². The van der Waals surface area contributed by atoms with Crippen LogP contribution in [0.25, 0.3) is 89.1 Å². The number of para-hydroxylation sites is 1. The first-order chi connectivity index (χ1) is 36.8. The second-order valence-electron chi connectivity index (χ2n) is 16.0. The zero-order valence-electron chi connectivity index (χ0n) is 44.4. The summed E-state index contributed by atoms with van der Waals surface area (Å²) in [4.78, 5) is 13.3. The Labute approximate surface area is 427 Å². The van der Waals surface area contributed by atoms with Gasteiger partial charge in [-0.3, -0.25) is 17.6 Å². The van der Waals surface area contributed by atoms with Crippen molar-refractivity contribution in [1.29, 1.82) is 0 Å². The third kappa shape index (κ3) is 9.59. The van der Waals surface area contributed by atoms with Crippen LogP contribution >= 0.6 is 0 Å². The van der Waals surface area contributed by atoms with E-state index in [1.54, 1.807) is 30.5 Å². The average molecular weight is 1110 g/mol. The fraction of sp³-hybridized carbons (Fsp3) is 0.0656. The number of aromatic nitrogens is 3. The zero-order chi connectivity index (χ0) is 54.0. The molecule has 0 bridgehead atoms. The van der Waals surface area contributed by atoms with Crippen LogP contribution in [-0.2, 0) is 45.6 Å². The smallest absolute Gasteiger partial charge is 0.456 e. The predicted molar refractivity (Wildman–Crippen MR) is 264 cm³/mol. The van der Waals surface area contributed by atoms with E-state index in [9.17, 15) is 28.5 Å². The molecule has 0 unspecified atom stereocenters. The Morgan fingerprint density at radius 3 is 1.64 bits per heavy atom. The number of benzene rings is 7. The zero-order valence-corrected chi connectivity index (χ0v) is 38.8. The Hall–Kier alpha value is -7.84. The Kier molecular flexibility index (Phi) is 10.6. The molecule has 11 aromatic rings. The second-order valence-corrected chi connectivity index (χ2v) is 16.0. The van der Waals surface area contributed by atoms with Gasteiger partial charge in [0.1, 0.15) is 11.2 Å². The number of halogens is 4. The summed E-state index contributed by atoms with van der Waals surface area (Å²) in [5.74, 6) is -3.65. The summed E-state index contributed by atoms with van der Waals surface area (Å²) in [6.45, 7) is 0. The largest absolute Gasteiger partial charge is 3.00 e. The van der Waals surface area contributed by atoms with Crippen LogP contribution in [0.5, 0.6) is 0 Å². The monoisotopic (exact) mass is 1110 g/mol. The summed E-state index contributed by atoms with van der Waals surface area (Å²) in [7, 11) is 0. The minimum absolute atomic E-state index is 0. The maximum absolute atomic E-state index is 14.8. The molecule has 0 amide bonds. The van der Waals surface area contributed by atoms with Gasteiger partial charge in [0.2, 0.25) is 0 Å². The Bertz CT molecular complexity index is 3930. The van der Waals surface area contributed by atoms with E-state index < -0.39 is 48.8 Å². The topological polar surface area (TPSA) is 51.8 Å². The number of rotatable bonds is 12. The molecule has 4 nitrogen and oxygen atoms in total. The molecule has 0 N–H and O–H groups in total. The van der Waals surface area contributed by atoms with Gasteiger partial charge in [0, 0.05) is 69.2 Å². The van der Waals surface area contributed by atoms with E-state index in [4.69, 9.17) is 9.40 Å². The maximum atomic E-state index is 14.8. The van der Waals surface area contributed by atoms with Crippen molar-refractivity contribution >= 4 is 21.9 Å². The van der Waals surface area contributed by atoms with Crippen LogP contribution < -0.4 is 0 Å². The van der Waals surface area contributed by atoms with Gasteiger partial charge in [0.25, 0.3) is 0 Å². The molecule has 0 saturated carbocycles. The molecule has 0 spiro atoms. The van der Waals surface area contributed by atoms with E-state index in [0.717, 1.165) is 52.5 Å². The molecular weight excluding hydrogens is 1060 g/mol. The fourth-order valence-corrected chi connectivity index (χ4v) is 8.20. The van der Waals surface area contributed by atoms with Crippen LogP contribution in [-0.4, -0.2) is 15.0 Å². The average Bonchev–Trinajstić information content (AvgIpc) is 3.89. The minimum atomic E-state index is -3.03. The summed E-state index contributed by atoms with van der Waals surface area (Å²) in [5.41, 5.74) is 4.11. The summed E-state index contributed by atoms with van der Waals surface area (Å²) in [5, 5.41) is 1.85. The van der Waals surface area contributed by atoms with E-state index in [2.05, 4.69) is 28.2 Å². The third-order valence-electron chi connectivity index (χ3n) is 11.5. The van der Waals surface area contributed by atoms with Gasteiger partial charge in [-0.25, -0.2) is 0 Å². The molecule has 7 aromatic carbocycles. The van der Waals surface area contributed by atoms with Crippen LogP contribution in [0.2, 0.25) is 0 Å². The molecule has 0 fully saturated rings. The van der Waals surface area contributed by atoms with Gasteiger partial charge in [-0.15, -0.1) is 60.2 Å². The molecular formula is C61H38F4IrN3O. The first kappa shape index (κ1) is 37.1. The van der Waals surface area contributed by atoms with Gasteiger partial charge in [-0.05, 0) is 111 Å². The van der Waals surface area contributed by atoms with Crippen LogP contribution in [0.15, 0.2) is 187 Å². The summed E-state index contributed by atoms with van der Waals surface area (Å²) < 4.78 is 139. The number of hydrogen-bond acceptors (Lipinski definition) is 4.